The molecule has 4 rings (SSSR count). The van der Waals surface area contributed by atoms with Crippen molar-refractivity contribution in [3.05, 3.63) is 34.0 Å². The van der Waals surface area contributed by atoms with Gasteiger partial charge < -0.3 is 10.4 Å². The number of carbonyl (C=O) groups is 1. The van der Waals surface area contributed by atoms with Crippen molar-refractivity contribution in [2.24, 2.45) is 5.92 Å². The maximum absolute atomic E-state index is 11.1. The van der Waals surface area contributed by atoms with Gasteiger partial charge in [0.1, 0.15) is 0 Å². The minimum Gasteiger partial charge on any atom is -0.481 e. The molecule has 2 aromatic heterocycles. The van der Waals surface area contributed by atoms with E-state index in [1.807, 2.05) is 24.3 Å². The number of hydrogen-bond acceptors (Lipinski definition) is 6. The van der Waals surface area contributed by atoms with E-state index >= 15 is 0 Å². The van der Waals surface area contributed by atoms with Crippen LogP contribution < -0.4 is 5.32 Å². The molecule has 1 aliphatic carbocycles. The minimum atomic E-state index is -0.735. The highest BCUT2D eigenvalue weighted by Crippen LogP contribution is 2.27. The van der Waals surface area contributed by atoms with Gasteiger partial charge in [0.2, 0.25) is 5.95 Å². The van der Waals surface area contributed by atoms with Gasteiger partial charge in [-0.25, -0.2) is 4.98 Å². The van der Waals surface area contributed by atoms with Crippen molar-refractivity contribution in [3.63, 3.8) is 0 Å². The number of carboxylic acids is 1. The summed E-state index contributed by atoms with van der Waals surface area (Å²) in [5, 5.41) is 20.6. The van der Waals surface area contributed by atoms with E-state index in [0.29, 0.717) is 30.0 Å². The Morgan fingerprint density at radius 2 is 2.08 bits per heavy atom. The van der Waals surface area contributed by atoms with Crippen LogP contribution >= 0.6 is 22.6 Å². The molecule has 0 bridgehead atoms. The van der Waals surface area contributed by atoms with Gasteiger partial charge in [-0.15, -0.1) is 5.10 Å². The smallest absolute Gasteiger partial charge is 0.306 e. The number of aromatic nitrogens is 5. The van der Waals surface area contributed by atoms with Gasteiger partial charge in [-0.05, 0) is 66.1 Å². The number of anilines is 1. The number of benzene rings is 1. The van der Waals surface area contributed by atoms with Gasteiger partial charge in [-0.2, -0.15) is 9.67 Å². The first-order valence-electron chi connectivity index (χ1n) is 7.94. The third-order valence-electron chi connectivity index (χ3n) is 4.38. The van der Waals surface area contributed by atoms with Gasteiger partial charge in [-0.1, -0.05) is 5.21 Å². The predicted molar refractivity (Wildman–Crippen MR) is 99.6 cm³/mol. The number of nitrogens with zero attached hydrogens (tertiary/aromatic N) is 5. The van der Waals surface area contributed by atoms with Crippen LogP contribution in [0.3, 0.4) is 0 Å². The van der Waals surface area contributed by atoms with Gasteiger partial charge in [0, 0.05) is 9.61 Å². The number of hydrogen-bond donors (Lipinski definition) is 2. The van der Waals surface area contributed by atoms with Crippen LogP contribution in [0, 0.1) is 9.49 Å². The van der Waals surface area contributed by atoms with Crippen LogP contribution in [0.2, 0.25) is 0 Å². The fraction of sp³-hybridized carbons (Fsp3) is 0.312. The topological polar surface area (TPSA) is 106 Å². The minimum absolute atomic E-state index is 0.0705. The Hall–Kier alpha value is -2.30. The third-order valence-corrected chi connectivity index (χ3v) is 5.10. The summed E-state index contributed by atoms with van der Waals surface area (Å²) in [6, 6.07) is 7.98. The van der Waals surface area contributed by atoms with Crippen LogP contribution in [0.15, 0.2) is 30.5 Å². The highest BCUT2D eigenvalue weighted by molar-refractivity contribution is 14.1. The molecule has 0 spiro atoms. The van der Waals surface area contributed by atoms with Crippen molar-refractivity contribution in [3.8, 4) is 5.69 Å². The summed E-state index contributed by atoms with van der Waals surface area (Å²) in [5.74, 6) is -0.556. The van der Waals surface area contributed by atoms with E-state index in [1.54, 1.807) is 10.9 Å². The molecule has 0 amide bonds. The highest BCUT2D eigenvalue weighted by Gasteiger charge is 2.30. The van der Waals surface area contributed by atoms with Crippen molar-refractivity contribution >= 4 is 45.7 Å². The fourth-order valence-electron chi connectivity index (χ4n) is 3.07. The summed E-state index contributed by atoms with van der Waals surface area (Å²) < 4.78 is 2.81. The molecule has 128 valence electrons. The Kier molecular flexibility index (Phi) is 4.24. The Bertz CT molecular complexity index is 926. The van der Waals surface area contributed by atoms with E-state index in [9.17, 15) is 4.79 Å². The molecule has 0 aliphatic heterocycles. The lowest BCUT2D eigenvalue weighted by Gasteiger charge is -2.12. The first kappa shape index (κ1) is 16.2. The van der Waals surface area contributed by atoms with Crippen LogP contribution in [0.4, 0.5) is 5.95 Å². The SMILES string of the molecule is O=C(O)[C@H]1CC[C@@H](Nc2ncc3nnn(-c4ccc(I)cc4)c3n2)C1. The van der Waals surface area contributed by atoms with E-state index in [2.05, 4.69) is 48.2 Å². The highest BCUT2D eigenvalue weighted by atomic mass is 127. The van der Waals surface area contributed by atoms with E-state index in [1.165, 1.54) is 0 Å². The van der Waals surface area contributed by atoms with Gasteiger partial charge in [0.25, 0.3) is 0 Å². The predicted octanol–water partition coefficient (Wildman–Crippen LogP) is 2.48. The number of halogens is 1. The molecule has 9 heteroatoms. The molecule has 8 nitrogen and oxygen atoms in total. The van der Waals surface area contributed by atoms with Crippen LogP contribution in [-0.4, -0.2) is 42.1 Å². The molecule has 3 aromatic rings. The summed E-state index contributed by atoms with van der Waals surface area (Å²) in [6.07, 6.45) is 3.69. The summed E-state index contributed by atoms with van der Waals surface area (Å²) in [4.78, 5) is 19.9. The summed E-state index contributed by atoms with van der Waals surface area (Å²) in [7, 11) is 0. The second kappa shape index (κ2) is 6.54. The second-order valence-corrected chi connectivity index (χ2v) is 7.32. The van der Waals surface area contributed by atoms with Crippen LogP contribution in [0.5, 0.6) is 0 Å². The first-order chi connectivity index (χ1) is 12.1. The molecule has 1 fully saturated rings. The Morgan fingerprint density at radius 3 is 2.80 bits per heavy atom. The molecule has 0 radical (unpaired) electrons. The molecular formula is C16H15IN6O2. The maximum Gasteiger partial charge on any atom is 0.306 e. The van der Waals surface area contributed by atoms with E-state index < -0.39 is 5.97 Å². The van der Waals surface area contributed by atoms with Crippen LogP contribution in [-0.2, 0) is 4.79 Å². The monoisotopic (exact) mass is 450 g/mol. The summed E-state index contributed by atoms with van der Waals surface area (Å²) in [6.45, 7) is 0. The largest absolute Gasteiger partial charge is 0.481 e. The van der Waals surface area contributed by atoms with E-state index in [4.69, 9.17) is 5.11 Å². The molecule has 2 heterocycles. The van der Waals surface area contributed by atoms with Gasteiger partial charge in [-0.3, -0.25) is 4.79 Å². The molecule has 1 saturated carbocycles. The first-order valence-corrected chi connectivity index (χ1v) is 9.02. The van der Waals surface area contributed by atoms with Crippen LogP contribution in [0.25, 0.3) is 16.9 Å². The number of aliphatic carboxylic acids is 1. The fourth-order valence-corrected chi connectivity index (χ4v) is 3.43. The van der Waals surface area contributed by atoms with Crippen molar-refractivity contribution in [1.82, 2.24) is 25.0 Å². The Labute approximate surface area is 156 Å². The average Bonchev–Trinajstić information content (AvgIpc) is 3.22. The number of rotatable bonds is 4. The molecule has 1 aromatic carbocycles. The summed E-state index contributed by atoms with van der Waals surface area (Å²) >= 11 is 2.25. The Balaban J connectivity index is 1.60. The number of fused-ring (bicyclic) bond motifs is 1. The third kappa shape index (κ3) is 3.28. The van der Waals surface area contributed by atoms with Crippen molar-refractivity contribution in [1.29, 1.82) is 0 Å². The van der Waals surface area contributed by atoms with Crippen molar-refractivity contribution < 1.29 is 9.90 Å². The lowest BCUT2D eigenvalue weighted by atomic mass is 10.1. The zero-order valence-electron chi connectivity index (χ0n) is 13.1. The Morgan fingerprint density at radius 1 is 1.28 bits per heavy atom. The zero-order chi connectivity index (χ0) is 17.4. The van der Waals surface area contributed by atoms with E-state index in [0.717, 1.165) is 15.7 Å². The van der Waals surface area contributed by atoms with Gasteiger partial charge in [0.05, 0.1) is 17.8 Å². The van der Waals surface area contributed by atoms with Crippen molar-refractivity contribution in [2.75, 3.05) is 5.32 Å². The van der Waals surface area contributed by atoms with Crippen molar-refractivity contribution in [2.45, 2.75) is 25.3 Å². The molecular weight excluding hydrogens is 435 g/mol. The molecule has 1 aliphatic rings. The van der Waals surface area contributed by atoms with Gasteiger partial charge in [0.15, 0.2) is 11.2 Å². The van der Waals surface area contributed by atoms with E-state index in [-0.39, 0.29) is 12.0 Å². The standard InChI is InChI=1S/C16H15IN6O2/c17-10-2-5-12(6-3-10)23-14-13(21-22-23)8-18-16(20-14)19-11-4-1-9(7-11)15(24)25/h2-3,5-6,8-9,11H,1,4,7H2,(H,24,25)(H,18,19,20)/t9-,11+/m0/s1. The molecule has 2 atom stereocenters. The quantitative estimate of drug-likeness (QED) is 0.589. The number of carboxylic acid groups (broad SMARTS) is 1. The molecule has 25 heavy (non-hydrogen) atoms. The maximum atomic E-state index is 11.1. The number of nitrogens with one attached hydrogen (secondary N) is 1. The molecule has 2 N–H and O–H groups in total. The molecule has 0 saturated heterocycles. The van der Waals surface area contributed by atoms with Gasteiger partial charge >= 0.3 is 5.97 Å². The zero-order valence-corrected chi connectivity index (χ0v) is 15.3. The normalized spacial score (nSPS) is 20.0. The van der Waals surface area contributed by atoms with Crippen LogP contribution in [0.1, 0.15) is 19.3 Å². The second-order valence-electron chi connectivity index (χ2n) is 6.07. The molecule has 0 unspecified atom stereocenters. The summed E-state index contributed by atoms with van der Waals surface area (Å²) in [5.41, 5.74) is 2.10. The lowest BCUT2D eigenvalue weighted by Crippen LogP contribution is -2.19. The lowest BCUT2D eigenvalue weighted by molar-refractivity contribution is -0.141. The average molecular weight is 450 g/mol.